The number of hydrogen-bond acceptors (Lipinski definition) is 8. The fraction of sp³-hybridized carbons (Fsp3) is 0.667. The lowest BCUT2D eigenvalue weighted by molar-refractivity contribution is -0.197. The van der Waals surface area contributed by atoms with Crippen molar-refractivity contribution in [3.63, 3.8) is 0 Å². The van der Waals surface area contributed by atoms with Crippen LogP contribution in [0.3, 0.4) is 0 Å². The summed E-state index contributed by atoms with van der Waals surface area (Å²) >= 11 is 0. The van der Waals surface area contributed by atoms with E-state index in [0.29, 0.717) is 28.1 Å². The molecule has 0 spiro atoms. The SMILES string of the molecule is CCS(C)(CCCC(=O)ON1C(=O)CCC1=O)CCC(=O)ON1C(=O)CCC1=O. The van der Waals surface area contributed by atoms with Crippen LogP contribution in [-0.2, 0) is 38.4 Å². The standard InChI is InChI=1S/C18H26N2O8S/c1-3-29(2,12-10-18(26)28-20-15(23)8-9-16(20)24)11-4-5-17(25)27-19-13(21)6-7-14(19)22/h3-12H2,1-2H3. The Hall–Kier alpha value is -2.43. The zero-order chi connectivity index (χ0) is 21.6. The molecule has 0 aromatic rings. The molecule has 1 unspecified atom stereocenters. The van der Waals surface area contributed by atoms with E-state index in [1.165, 1.54) is 0 Å². The largest absolute Gasteiger partial charge is 0.333 e. The first-order valence-electron chi connectivity index (χ1n) is 9.50. The van der Waals surface area contributed by atoms with E-state index in [4.69, 9.17) is 9.68 Å². The normalized spacial score (nSPS) is 20.1. The number of nitrogens with zero attached hydrogens (tertiary/aromatic N) is 2. The maximum absolute atomic E-state index is 12.0. The molecule has 10 nitrogen and oxygen atoms in total. The van der Waals surface area contributed by atoms with Crippen LogP contribution in [0.15, 0.2) is 0 Å². The number of amides is 4. The van der Waals surface area contributed by atoms with Gasteiger partial charge in [-0.25, -0.2) is 19.6 Å². The summed E-state index contributed by atoms with van der Waals surface area (Å²) in [7, 11) is -1.22. The third kappa shape index (κ3) is 6.28. The summed E-state index contributed by atoms with van der Waals surface area (Å²) in [6, 6.07) is 0. The quantitative estimate of drug-likeness (QED) is 0.466. The van der Waals surface area contributed by atoms with Gasteiger partial charge < -0.3 is 9.68 Å². The highest BCUT2D eigenvalue weighted by atomic mass is 32.3. The fourth-order valence-corrected chi connectivity index (χ4v) is 5.18. The molecule has 2 aliphatic rings. The molecular weight excluding hydrogens is 404 g/mol. The first-order valence-corrected chi connectivity index (χ1v) is 12.0. The van der Waals surface area contributed by atoms with Gasteiger partial charge in [-0.05, 0) is 29.9 Å². The summed E-state index contributed by atoms with van der Waals surface area (Å²) in [5.41, 5.74) is 0. The van der Waals surface area contributed by atoms with Crippen LogP contribution in [0.25, 0.3) is 0 Å². The lowest BCUT2D eigenvalue weighted by atomic mass is 10.3. The fourth-order valence-electron chi connectivity index (χ4n) is 2.90. The molecule has 2 aliphatic heterocycles. The molecule has 0 aliphatic carbocycles. The lowest BCUT2D eigenvalue weighted by Crippen LogP contribution is -2.32. The molecule has 162 valence electrons. The summed E-state index contributed by atoms with van der Waals surface area (Å²) in [5.74, 6) is -1.28. The zero-order valence-corrected chi connectivity index (χ0v) is 17.5. The maximum Gasteiger partial charge on any atom is 0.333 e. The molecule has 11 heteroatoms. The first-order chi connectivity index (χ1) is 13.6. The Bertz CT molecular complexity index is 693. The molecule has 0 bridgehead atoms. The number of hydrogen-bond donors (Lipinski definition) is 0. The summed E-state index contributed by atoms with van der Waals surface area (Å²) in [5, 5.41) is 1.07. The molecule has 0 aromatic heterocycles. The molecule has 0 N–H and O–H groups in total. The molecule has 0 saturated carbocycles. The van der Waals surface area contributed by atoms with Gasteiger partial charge in [-0.1, -0.05) is 6.92 Å². The molecule has 2 fully saturated rings. The van der Waals surface area contributed by atoms with Gasteiger partial charge >= 0.3 is 11.9 Å². The Morgan fingerprint density at radius 2 is 1.21 bits per heavy atom. The van der Waals surface area contributed by atoms with Gasteiger partial charge in [0.1, 0.15) is 0 Å². The van der Waals surface area contributed by atoms with Crippen molar-refractivity contribution in [2.45, 2.75) is 51.9 Å². The Morgan fingerprint density at radius 1 is 0.793 bits per heavy atom. The Labute approximate surface area is 170 Å². The summed E-state index contributed by atoms with van der Waals surface area (Å²) < 4.78 is 0. The van der Waals surface area contributed by atoms with Crippen molar-refractivity contribution in [1.29, 1.82) is 0 Å². The third-order valence-electron chi connectivity index (χ3n) is 4.91. The highest BCUT2D eigenvalue weighted by Crippen LogP contribution is 2.45. The van der Waals surface area contributed by atoms with Crippen LogP contribution in [0.1, 0.15) is 51.9 Å². The number of carbonyl (C=O) groups excluding carboxylic acids is 6. The van der Waals surface area contributed by atoms with Crippen LogP contribution < -0.4 is 0 Å². The molecule has 2 saturated heterocycles. The predicted molar refractivity (Wildman–Crippen MR) is 102 cm³/mol. The zero-order valence-electron chi connectivity index (χ0n) is 16.6. The minimum Gasteiger partial charge on any atom is -0.330 e. The highest BCUT2D eigenvalue weighted by Gasteiger charge is 2.34. The third-order valence-corrected chi connectivity index (χ3v) is 8.77. The minimum atomic E-state index is -1.22. The van der Waals surface area contributed by atoms with Crippen LogP contribution >= 0.6 is 10.0 Å². The summed E-state index contributed by atoms with van der Waals surface area (Å²) in [6.07, 6.45) is 2.87. The summed E-state index contributed by atoms with van der Waals surface area (Å²) in [4.78, 5) is 79.5. The van der Waals surface area contributed by atoms with Crippen molar-refractivity contribution >= 4 is 45.6 Å². The topological polar surface area (TPSA) is 127 Å². The average molecular weight is 430 g/mol. The van der Waals surface area contributed by atoms with E-state index in [-0.39, 0.29) is 38.5 Å². The molecule has 4 amide bonds. The average Bonchev–Trinajstić information content (AvgIpc) is 3.16. The van der Waals surface area contributed by atoms with Gasteiger partial charge in [-0.2, -0.15) is 0 Å². The molecule has 1 atom stereocenters. The predicted octanol–water partition coefficient (Wildman–Crippen LogP) is 0.825. The Morgan fingerprint density at radius 3 is 1.62 bits per heavy atom. The second kappa shape index (κ2) is 9.86. The molecule has 0 radical (unpaired) electrons. The van der Waals surface area contributed by atoms with Crippen LogP contribution in [0.4, 0.5) is 0 Å². The number of rotatable bonds is 10. The van der Waals surface area contributed by atoms with Crippen LogP contribution in [0.5, 0.6) is 0 Å². The van der Waals surface area contributed by atoms with E-state index >= 15 is 0 Å². The van der Waals surface area contributed by atoms with Crippen molar-refractivity contribution in [1.82, 2.24) is 10.1 Å². The smallest absolute Gasteiger partial charge is 0.330 e. The van der Waals surface area contributed by atoms with Crippen LogP contribution in [-0.4, -0.2) is 69.2 Å². The van der Waals surface area contributed by atoms with Gasteiger partial charge in [0.2, 0.25) is 0 Å². The second-order valence-corrected chi connectivity index (χ2v) is 11.5. The minimum absolute atomic E-state index is 0.0504. The van der Waals surface area contributed by atoms with Gasteiger partial charge in [0, 0.05) is 32.1 Å². The van der Waals surface area contributed by atoms with E-state index in [2.05, 4.69) is 0 Å². The molecule has 0 aromatic carbocycles. The van der Waals surface area contributed by atoms with Gasteiger partial charge in [-0.3, -0.25) is 19.2 Å². The van der Waals surface area contributed by atoms with E-state index in [1.807, 2.05) is 13.2 Å². The van der Waals surface area contributed by atoms with E-state index in [0.717, 1.165) is 5.75 Å². The van der Waals surface area contributed by atoms with E-state index in [9.17, 15) is 28.8 Å². The second-order valence-electron chi connectivity index (χ2n) is 7.12. The van der Waals surface area contributed by atoms with Crippen molar-refractivity contribution < 1.29 is 38.4 Å². The van der Waals surface area contributed by atoms with Gasteiger partial charge in [0.25, 0.3) is 23.6 Å². The van der Waals surface area contributed by atoms with Crippen LogP contribution in [0.2, 0.25) is 0 Å². The molecule has 2 rings (SSSR count). The first kappa shape index (κ1) is 22.9. The maximum atomic E-state index is 12.0. The van der Waals surface area contributed by atoms with Crippen LogP contribution in [0, 0.1) is 0 Å². The lowest BCUT2D eigenvalue weighted by Gasteiger charge is -2.34. The molecule has 29 heavy (non-hydrogen) atoms. The van der Waals surface area contributed by atoms with E-state index < -0.39 is 45.6 Å². The Balaban J connectivity index is 1.73. The van der Waals surface area contributed by atoms with Crippen molar-refractivity contribution in [2.75, 3.05) is 23.5 Å². The van der Waals surface area contributed by atoms with Gasteiger partial charge in [0.15, 0.2) is 0 Å². The monoisotopic (exact) mass is 430 g/mol. The number of hydroxylamine groups is 4. The van der Waals surface area contributed by atoms with Crippen molar-refractivity contribution in [3.8, 4) is 0 Å². The van der Waals surface area contributed by atoms with Gasteiger partial charge in [0.05, 0.1) is 6.42 Å². The van der Waals surface area contributed by atoms with Crippen molar-refractivity contribution in [2.24, 2.45) is 0 Å². The highest BCUT2D eigenvalue weighted by molar-refractivity contribution is 8.33. The number of carbonyl (C=O) groups is 6. The Kier molecular flexibility index (Phi) is 7.77. The van der Waals surface area contributed by atoms with Crippen molar-refractivity contribution in [3.05, 3.63) is 0 Å². The number of imide groups is 2. The molecular formula is C18H26N2O8S. The van der Waals surface area contributed by atoms with Gasteiger partial charge in [-0.15, -0.1) is 10.1 Å². The molecule has 2 heterocycles. The summed E-state index contributed by atoms with van der Waals surface area (Å²) in [6.45, 7) is 1.99. The van der Waals surface area contributed by atoms with E-state index in [1.54, 1.807) is 0 Å².